The largest absolute Gasteiger partial charge is 0.465 e. The summed E-state index contributed by atoms with van der Waals surface area (Å²) in [6.45, 7) is 0.220. The Bertz CT molecular complexity index is 1140. The summed E-state index contributed by atoms with van der Waals surface area (Å²) in [6, 6.07) is 12.4. The van der Waals surface area contributed by atoms with Crippen molar-refractivity contribution in [3.63, 3.8) is 0 Å². The summed E-state index contributed by atoms with van der Waals surface area (Å²) in [6.07, 6.45) is 1.89. The minimum absolute atomic E-state index is 0.0138. The molecule has 0 atom stereocenters. The number of unbranched alkanes of at least 4 members (excludes halogenated alkanes) is 1. The van der Waals surface area contributed by atoms with Gasteiger partial charge in [0.1, 0.15) is 0 Å². The van der Waals surface area contributed by atoms with E-state index in [0.29, 0.717) is 35.4 Å². The van der Waals surface area contributed by atoms with Crippen molar-refractivity contribution in [1.82, 2.24) is 4.90 Å². The van der Waals surface area contributed by atoms with Crippen molar-refractivity contribution >= 4 is 39.2 Å². The second-order valence-electron chi connectivity index (χ2n) is 7.96. The molecule has 9 heteroatoms. The van der Waals surface area contributed by atoms with Crippen LogP contribution in [0, 0.1) is 0 Å². The van der Waals surface area contributed by atoms with Gasteiger partial charge in [0.05, 0.1) is 22.6 Å². The molecule has 0 aromatic heterocycles. The van der Waals surface area contributed by atoms with Crippen LogP contribution in [0.25, 0.3) is 0 Å². The maximum Gasteiger partial charge on any atom is 0.327 e. The molecule has 1 fully saturated rings. The molecule has 32 heavy (non-hydrogen) atoms. The van der Waals surface area contributed by atoms with Crippen molar-refractivity contribution in [2.75, 3.05) is 13.2 Å². The quantitative estimate of drug-likeness (QED) is 0.328. The molecule has 0 N–H and O–H groups in total. The van der Waals surface area contributed by atoms with E-state index in [1.165, 1.54) is 29.2 Å². The van der Waals surface area contributed by atoms with Crippen molar-refractivity contribution < 1.29 is 27.5 Å². The van der Waals surface area contributed by atoms with Gasteiger partial charge in [0.25, 0.3) is 11.8 Å². The minimum atomic E-state index is -3.91. The Hall–Kier alpha value is -2.71. The molecule has 0 unspecified atom stereocenters. The van der Waals surface area contributed by atoms with E-state index in [0.717, 1.165) is 0 Å². The van der Waals surface area contributed by atoms with Gasteiger partial charge in [-0.2, -0.15) is 0 Å². The van der Waals surface area contributed by atoms with Gasteiger partial charge in [0.2, 0.25) is 0 Å². The summed E-state index contributed by atoms with van der Waals surface area (Å²) < 4.78 is 30.0. The van der Waals surface area contributed by atoms with Gasteiger partial charge in [0, 0.05) is 11.6 Å². The molecule has 2 amide bonds. The third-order valence-electron chi connectivity index (χ3n) is 6.06. The fourth-order valence-electron chi connectivity index (χ4n) is 4.03. The van der Waals surface area contributed by atoms with E-state index in [1.807, 2.05) is 0 Å². The van der Waals surface area contributed by atoms with Crippen LogP contribution in [-0.4, -0.2) is 49.0 Å². The van der Waals surface area contributed by atoms with Gasteiger partial charge >= 0.3 is 5.97 Å². The van der Waals surface area contributed by atoms with Crippen LogP contribution in [0.3, 0.4) is 0 Å². The number of rotatable bonds is 8. The number of benzene rings is 2. The molecule has 1 saturated carbocycles. The first-order valence-electron chi connectivity index (χ1n) is 10.4. The highest BCUT2D eigenvalue weighted by Gasteiger charge is 2.57. The Morgan fingerprint density at radius 2 is 1.56 bits per heavy atom. The maximum absolute atomic E-state index is 13.1. The monoisotopic (exact) mass is 475 g/mol. The lowest BCUT2D eigenvalue weighted by atomic mass is 9.84. The number of ether oxygens (including phenoxy) is 1. The molecular weight excluding hydrogens is 454 g/mol. The molecule has 2 aromatic carbocycles. The number of amides is 2. The number of esters is 1. The van der Waals surface area contributed by atoms with E-state index in [2.05, 4.69) is 0 Å². The van der Waals surface area contributed by atoms with Gasteiger partial charge in [-0.3, -0.25) is 19.3 Å². The highest BCUT2D eigenvalue weighted by atomic mass is 35.5. The molecule has 7 nitrogen and oxygen atoms in total. The van der Waals surface area contributed by atoms with Crippen LogP contribution in [0.2, 0.25) is 5.02 Å². The Morgan fingerprint density at radius 3 is 2.09 bits per heavy atom. The zero-order chi connectivity index (χ0) is 22.9. The molecule has 1 aliphatic heterocycles. The molecule has 2 aromatic rings. The van der Waals surface area contributed by atoms with E-state index < -0.39 is 20.6 Å². The predicted molar refractivity (Wildman–Crippen MR) is 117 cm³/mol. The number of fused-ring (bicyclic) bond motifs is 1. The maximum atomic E-state index is 13.1. The fourth-order valence-corrected chi connectivity index (χ4v) is 6.21. The Morgan fingerprint density at radius 1 is 0.969 bits per heavy atom. The molecule has 2 aliphatic rings. The average molecular weight is 476 g/mol. The standard InChI is InChI=1S/C23H22ClNO6S/c24-16-8-10-17(11-9-16)32(29,30)23(12-5-13-23)22(28)31-15-4-3-14-25-20(26)18-6-1-2-7-19(18)21(25)27/h1-2,6-11H,3-5,12-15H2. The lowest BCUT2D eigenvalue weighted by Gasteiger charge is -2.38. The summed E-state index contributed by atoms with van der Waals surface area (Å²) in [5.74, 6) is -1.41. The van der Waals surface area contributed by atoms with E-state index in [-0.39, 0.29) is 42.7 Å². The molecule has 0 saturated heterocycles. The third kappa shape index (κ3) is 3.71. The Kier molecular flexibility index (Phi) is 6.09. The number of carbonyl (C=O) groups is 3. The predicted octanol–water partition coefficient (Wildman–Crippen LogP) is 3.66. The molecule has 1 heterocycles. The highest BCUT2D eigenvalue weighted by Crippen LogP contribution is 2.44. The van der Waals surface area contributed by atoms with Crippen LogP contribution in [0.4, 0.5) is 0 Å². The summed E-state index contributed by atoms with van der Waals surface area (Å²) in [7, 11) is -3.91. The van der Waals surface area contributed by atoms with Gasteiger partial charge in [-0.25, -0.2) is 8.42 Å². The fraction of sp³-hybridized carbons (Fsp3) is 0.348. The Balaban J connectivity index is 1.32. The number of sulfone groups is 1. The molecule has 168 valence electrons. The zero-order valence-corrected chi connectivity index (χ0v) is 18.8. The smallest absolute Gasteiger partial charge is 0.327 e. The summed E-state index contributed by atoms with van der Waals surface area (Å²) in [5, 5.41) is 0.409. The van der Waals surface area contributed by atoms with Gasteiger partial charge in [-0.05, 0) is 68.5 Å². The molecule has 0 bridgehead atoms. The van der Waals surface area contributed by atoms with Gasteiger partial charge in [-0.1, -0.05) is 23.7 Å². The minimum Gasteiger partial charge on any atom is -0.465 e. The summed E-state index contributed by atoms with van der Waals surface area (Å²) in [4.78, 5) is 38.7. The number of carbonyl (C=O) groups excluding carboxylic acids is 3. The lowest BCUT2D eigenvalue weighted by Crippen LogP contribution is -2.53. The summed E-state index contributed by atoms with van der Waals surface area (Å²) in [5.41, 5.74) is 0.784. The van der Waals surface area contributed by atoms with Crippen molar-refractivity contribution in [3.05, 3.63) is 64.7 Å². The number of hydrogen-bond acceptors (Lipinski definition) is 6. The topological polar surface area (TPSA) is 97.8 Å². The van der Waals surface area contributed by atoms with Gasteiger partial charge < -0.3 is 4.74 Å². The highest BCUT2D eigenvalue weighted by molar-refractivity contribution is 7.93. The summed E-state index contributed by atoms with van der Waals surface area (Å²) >= 11 is 5.84. The first kappa shape index (κ1) is 22.5. The molecule has 0 radical (unpaired) electrons. The first-order chi connectivity index (χ1) is 15.3. The molecule has 0 spiro atoms. The Labute approximate surface area is 191 Å². The normalized spacial score (nSPS) is 17.1. The van der Waals surface area contributed by atoms with Crippen molar-refractivity contribution in [1.29, 1.82) is 0 Å². The number of hydrogen-bond donors (Lipinski definition) is 0. The number of imide groups is 1. The second-order valence-corrected chi connectivity index (χ2v) is 10.7. The van der Waals surface area contributed by atoms with Crippen LogP contribution in [0.1, 0.15) is 52.8 Å². The van der Waals surface area contributed by atoms with Gasteiger partial charge in [-0.15, -0.1) is 0 Å². The van der Waals surface area contributed by atoms with Crippen LogP contribution in [0.5, 0.6) is 0 Å². The van der Waals surface area contributed by atoms with Crippen LogP contribution in [0.15, 0.2) is 53.4 Å². The van der Waals surface area contributed by atoms with Crippen LogP contribution in [-0.2, 0) is 19.4 Å². The van der Waals surface area contributed by atoms with E-state index in [1.54, 1.807) is 24.3 Å². The molecular formula is C23H22ClNO6S. The zero-order valence-electron chi connectivity index (χ0n) is 17.3. The molecule has 1 aliphatic carbocycles. The number of nitrogens with zero attached hydrogens (tertiary/aromatic N) is 1. The SMILES string of the molecule is O=C1c2ccccc2C(=O)N1CCCCOC(=O)C1(S(=O)(=O)c2ccc(Cl)cc2)CCC1. The lowest BCUT2D eigenvalue weighted by molar-refractivity contribution is -0.149. The first-order valence-corrected chi connectivity index (χ1v) is 12.3. The van der Waals surface area contributed by atoms with Crippen molar-refractivity contribution in [2.45, 2.75) is 41.7 Å². The van der Waals surface area contributed by atoms with Crippen LogP contribution < -0.4 is 0 Å². The van der Waals surface area contributed by atoms with Gasteiger partial charge in [0.15, 0.2) is 14.6 Å². The second kappa shape index (κ2) is 8.67. The van der Waals surface area contributed by atoms with E-state index in [4.69, 9.17) is 16.3 Å². The average Bonchev–Trinajstić information content (AvgIpc) is 2.98. The number of halogens is 1. The van der Waals surface area contributed by atoms with E-state index >= 15 is 0 Å². The van der Waals surface area contributed by atoms with Crippen LogP contribution >= 0.6 is 11.6 Å². The van der Waals surface area contributed by atoms with E-state index in [9.17, 15) is 22.8 Å². The molecule has 4 rings (SSSR count). The third-order valence-corrected chi connectivity index (χ3v) is 8.81. The van der Waals surface area contributed by atoms with Crippen molar-refractivity contribution in [2.24, 2.45) is 0 Å². The van der Waals surface area contributed by atoms with Crippen molar-refractivity contribution in [3.8, 4) is 0 Å².